The van der Waals surface area contributed by atoms with Gasteiger partial charge in [0.2, 0.25) is 12.3 Å². The number of aliphatic carboxylic acids is 1. The Morgan fingerprint density at radius 3 is 2.47 bits per heavy atom. The first kappa shape index (κ1) is 23.3. The molecular formula is C21H23ClFN3O4. The second-order valence-corrected chi connectivity index (χ2v) is 7.37. The predicted molar refractivity (Wildman–Crippen MR) is 111 cm³/mol. The molecule has 0 fully saturated rings. The summed E-state index contributed by atoms with van der Waals surface area (Å²) in [6.07, 6.45) is 0.763. The first-order chi connectivity index (χ1) is 14.2. The highest BCUT2D eigenvalue weighted by atomic mass is 35.5. The number of carbonyl (C=O) groups excluding carboxylic acids is 2. The van der Waals surface area contributed by atoms with Crippen LogP contribution in [0.4, 0.5) is 4.39 Å². The molecule has 0 aromatic heterocycles. The van der Waals surface area contributed by atoms with Crippen LogP contribution < -0.4 is 16.4 Å². The van der Waals surface area contributed by atoms with Gasteiger partial charge in [0.15, 0.2) is 0 Å². The molecule has 0 unspecified atom stereocenters. The van der Waals surface area contributed by atoms with E-state index in [1.807, 2.05) is 0 Å². The zero-order valence-electron chi connectivity index (χ0n) is 16.3. The molecule has 0 heterocycles. The number of amides is 2. The fourth-order valence-electron chi connectivity index (χ4n) is 2.94. The van der Waals surface area contributed by atoms with Crippen molar-refractivity contribution in [1.82, 2.24) is 10.6 Å². The molecular weight excluding hydrogens is 413 g/mol. The first-order valence-electron chi connectivity index (χ1n) is 9.24. The molecule has 2 rings (SSSR count). The molecule has 0 saturated carbocycles. The van der Waals surface area contributed by atoms with E-state index in [1.54, 1.807) is 24.3 Å². The van der Waals surface area contributed by atoms with Crippen LogP contribution in [0.1, 0.15) is 18.9 Å². The Hall–Kier alpha value is -2.97. The number of nitrogens with two attached hydrogens (primary N) is 1. The average Bonchev–Trinajstić information content (AvgIpc) is 2.69. The highest BCUT2D eigenvalue weighted by Crippen LogP contribution is 2.26. The lowest BCUT2D eigenvalue weighted by Gasteiger charge is -2.22. The Labute approximate surface area is 178 Å². The molecule has 0 radical (unpaired) electrons. The fourth-order valence-corrected chi connectivity index (χ4v) is 3.11. The van der Waals surface area contributed by atoms with E-state index in [-0.39, 0.29) is 6.42 Å². The second-order valence-electron chi connectivity index (χ2n) is 6.93. The molecule has 3 atom stereocenters. The lowest BCUT2D eigenvalue weighted by Crippen LogP contribution is -2.50. The van der Waals surface area contributed by atoms with E-state index in [4.69, 9.17) is 17.3 Å². The highest BCUT2D eigenvalue weighted by Gasteiger charge is 2.25. The van der Waals surface area contributed by atoms with E-state index < -0.39 is 35.8 Å². The molecule has 5 N–H and O–H groups in total. The number of carboxylic acids is 1. The van der Waals surface area contributed by atoms with Crippen LogP contribution in [0.2, 0.25) is 5.02 Å². The summed E-state index contributed by atoms with van der Waals surface area (Å²) in [5.74, 6) is -2.23. The minimum Gasteiger partial charge on any atom is -0.480 e. The Morgan fingerprint density at radius 2 is 1.90 bits per heavy atom. The van der Waals surface area contributed by atoms with Gasteiger partial charge in [0.25, 0.3) is 0 Å². The van der Waals surface area contributed by atoms with Crippen LogP contribution in [0, 0.1) is 5.82 Å². The summed E-state index contributed by atoms with van der Waals surface area (Å²) in [6, 6.07) is 8.61. The molecule has 2 aromatic carbocycles. The fraction of sp³-hybridized carbons (Fsp3) is 0.286. The second kappa shape index (κ2) is 10.7. The van der Waals surface area contributed by atoms with E-state index in [1.165, 1.54) is 25.1 Å². The van der Waals surface area contributed by atoms with Gasteiger partial charge in [0.05, 0.1) is 6.04 Å². The summed E-state index contributed by atoms with van der Waals surface area (Å²) in [5, 5.41) is 14.7. The molecule has 0 bridgehead atoms. The predicted octanol–water partition coefficient (Wildman–Crippen LogP) is 2.11. The maximum atomic E-state index is 14.0. The quantitative estimate of drug-likeness (QED) is 0.426. The third-order valence-corrected chi connectivity index (χ3v) is 4.76. The summed E-state index contributed by atoms with van der Waals surface area (Å²) in [6.45, 7) is 1.44. The van der Waals surface area contributed by atoms with E-state index >= 15 is 0 Å². The maximum absolute atomic E-state index is 14.0. The van der Waals surface area contributed by atoms with Crippen molar-refractivity contribution in [1.29, 1.82) is 0 Å². The third-order valence-electron chi connectivity index (χ3n) is 4.53. The molecule has 0 aliphatic rings. The van der Waals surface area contributed by atoms with Gasteiger partial charge in [0, 0.05) is 16.6 Å². The van der Waals surface area contributed by atoms with E-state index in [2.05, 4.69) is 10.6 Å². The normalized spacial score (nSPS) is 13.7. The number of carboxylic acid groups (broad SMARTS) is 1. The number of nitrogens with one attached hydrogen (secondary N) is 2. The van der Waals surface area contributed by atoms with Crippen LogP contribution in [0.15, 0.2) is 42.5 Å². The average molecular weight is 436 g/mol. The standard InChI is InChI=1S/C21H23ClFN3O4/c1-12(24)20(28)26-19(21(29)30)10-16(25-11-27)8-13-2-4-14(5-3-13)17-9-15(22)6-7-18(17)23/h2-7,9,11-12,16,19H,8,10,24H2,1H3,(H,25,27)(H,26,28)(H,29,30)/t12-,16+,19+/m0/s1. The minimum atomic E-state index is -1.23. The van der Waals surface area contributed by atoms with Crippen LogP contribution in [0.5, 0.6) is 0 Å². The van der Waals surface area contributed by atoms with Gasteiger partial charge in [0.1, 0.15) is 11.9 Å². The molecule has 2 amide bonds. The lowest BCUT2D eigenvalue weighted by molar-refractivity contribution is -0.142. The van der Waals surface area contributed by atoms with Crippen LogP contribution in [-0.2, 0) is 20.8 Å². The van der Waals surface area contributed by atoms with Crippen molar-refractivity contribution in [3.05, 3.63) is 58.9 Å². The van der Waals surface area contributed by atoms with Crippen LogP contribution in [0.3, 0.4) is 0 Å². The number of halogens is 2. The topological polar surface area (TPSA) is 122 Å². The summed E-state index contributed by atoms with van der Waals surface area (Å²) < 4.78 is 14.0. The maximum Gasteiger partial charge on any atom is 0.326 e. The zero-order chi connectivity index (χ0) is 22.3. The molecule has 0 aliphatic carbocycles. The number of benzene rings is 2. The molecule has 0 aliphatic heterocycles. The summed E-state index contributed by atoms with van der Waals surface area (Å²) >= 11 is 5.94. The molecule has 30 heavy (non-hydrogen) atoms. The Kier molecular flexibility index (Phi) is 8.32. The molecule has 0 spiro atoms. The largest absolute Gasteiger partial charge is 0.480 e. The van der Waals surface area contributed by atoms with Crippen molar-refractivity contribution >= 4 is 29.9 Å². The van der Waals surface area contributed by atoms with E-state index in [0.717, 1.165) is 5.56 Å². The third kappa shape index (κ3) is 6.53. The van der Waals surface area contributed by atoms with Gasteiger partial charge in [-0.05, 0) is 49.1 Å². The highest BCUT2D eigenvalue weighted by molar-refractivity contribution is 6.30. The zero-order valence-corrected chi connectivity index (χ0v) is 17.0. The van der Waals surface area contributed by atoms with Crippen molar-refractivity contribution in [2.75, 3.05) is 0 Å². The van der Waals surface area contributed by atoms with Crippen molar-refractivity contribution in [2.24, 2.45) is 5.73 Å². The Balaban J connectivity index is 2.13. The number of hydrogen-bond acceptors (Lipinski definition) is 4. The van der Waals surface area contributed by atoms with Gasteiger partial charge < -0.3 is 21.5 Å². The van der Waals surface area contributed by atoms with Crippen LogP contribution >= 0.6 is 11.6 Å². The molecule has 9 heteroatoms. The van der Waals surface area contributed by atoms with Gasteiger partial charge in [-0.1, -0.05) is 35.9 Å². The van der Waals surface area contributed by atoms with Gasteiger partial charge in [-0.2, -0.15) is 0 Å². The monoisotopic (exact) mass is 435 g/mol. The molecule has 7 nitrogen and oxygen atoms in total. The van der Waals surface area contributed by atoms with Crippen LogP contribution in [-0.4, -0.2) is 41.5 Å². The summed E-state index contributed by atoms with van der Waals surface area (Å²) in [7, 11) is 0. The van der Waals surface area contributed by atoms with E-state index in [0.29, 0.717) is 29.0 Å². The Morgan fingerprint density at radius 1 is 1.23 bits per heavy atom. The minimum absolute atomic E-state index is 0.0305. The lowest BCUT2D eigenvalue weighted by atomic mass is 9.97. The number of rotatable bonds is 10. The number of carbonyl (C=O) groups is 3. The van der Waals surface area contributed by atoms with E-state index in [9.17, 15) is 23.9 Å². The number of hydrogen-bond donors (Lipinski definition) is 4. The van der Waals surface area contributed by atoms with Crippen molar-refractivity contribution in [3.63, 3.8) is 0 Å². The molecule has 2 aromatic rings. The smallest absolute Gasteiger partial charge is 0.326 e. The molecule has 0 saturated heterocycles. The summed E-state index contributed by atoms with van der Waals surface area (Å²) in [4.78, 5) is 34.2. The molecule has 160 valence electrons. The van der Waals surface area contributed by atoms with Crippen molar-refractivity contribution < 1.29 is 23.9 Å². The first-order valence-corrected chi connectivity index (χ1v) is 9.62. The van der Waals surface area contributed by atoms with Crippen molar-refractivity contribution in [3.8, 4) is 11.1 Å². The van der Waals surface area contributed by atoms with Gasteiger partial charge >= 0.3 is 5.97 Å². The van der Waals surface area contributed by atoms with Gasteiger partial charge in [-0.15, -0.1) is 0 Å². The van der Waals surface area contributed by atoms with Crippen molar-refractivity contribution in [2.45, 2.75) is 37.9 Å². The Bertz CT molecular complexity index is 906. The van der Waals surface area contributed by atoms with Gasteiger partial charge in [-0.25, -0.2) is 9.18 Å². The SMILES string of the molecule is C[C@H](N)C(=O)N[C@H](C[C@@H](Cc1ccc(-c2cc(Cl)ccc2F)cc1)NC=O)C(=O)O. The van der Waals surface area contributed by atoms with Crippen LogP contribution in [0.25, 0.3) is 11.1 Å². The summed E-state index contributed by atoms with van der Waals surface area (Å²) in [5.41, 5.74) is 7.26. The van der Waals surface area contributed by atoms with Gasteiger partial charge in [-0.3, -0.25) is 9.59 Å².